The summed E-state index contributed by atoms with van der Waals surface area (Å²) < 4.78 is 1.89. The molecule has 0 fully saturated rings. The molecule has 1 amide bonds. The number of rotatable bonds is 4. The highest BCUT2D eigenvalue weighted by Crippen LogP contribution is 1.97. The summed E-state index contributed by atoms with van der Waals surface area (Å²) in [6.07, 6.45) is 1.55. The maximum atomic E-state index is 11.7. The van der Waals surface area contributed by atoms with Gasteiger partial charge < -0.3 is 5.32 Å². The van der Waals surface area contributed by atoms with Gasteiger partial charge in [-0.25, -0.2) is 4.68 Å². The van der Waals surface area contributed by atoms with Crippen LogP contribution >= 0.6 is 22.6 Å². The van der Waals surface area contributed by atoms with Gasteiger partial charge in [-0.05, 0) is 28.2 Å². The first-order chi connectivity index (χ1) is 9.15. The minimum absolute atomic E-state index is 0.0669. The molecule has 0 spiro atoms. The summed E-state index contributed by atoms with van der Waals surface area (Å²) in [7, 11) is 0. The molecule has 0 radical (unpaired) electrons. The Morgan fingerprint density at radius 3 is 2.74 bits per heavy atom. The Balaban J connectivity index is 1.93. The summed E-state index contributed by atoms with van der Waals surface area (Å²) in [5, 5.41) is 6.66. The normalized spacial score (nSPS) is 10.2. The van der Waals surface area contributed by atoms with Crippen molar-refractivity contribution in [2.24, 2.45) is 0 Å². The zero-order valence-electron chi connectivity index (χ0n) is 10.0. The van der Waals surface area contributed by atoms with Gasteiger partial charge in [-0.3, -0.25) is 9.59 Å². The van der Waals surface area contributed by atoms with Crippen molar-refractivity contribution >= 4 is 28.5 Å². The van der Waals surface area contributed by atoms with Crippen LogP contribution in [0.4, 0.5) is 0 Å². The molecule has 0 saturated heterocycles. The standard InChI is InChI=1S/C13H12IN3O2/c14-11-6-13(19)17(16-8-11)9-12(18)15-7-10-4-2-1-3-5-10/h1-6,8H,7,9H2,(H,15,18). The predicted molar refractivity (Wildman–Crippen MR) is 79.5 cm³/mol. The van der Waals surface area contributed by atoms with Gasteiger partial charge in [-0.1, -0.05) is 30.3 Å². The maximum absolute atomic E-state index is 11.7. The number of hydrogen-bond donors (Lipinski definition) is 1. The molecule has 0 aliphatic heterocycles. The van der Waals surface area contributed by atoms with Gasteiger partial charge in [0.1, 0.15) is 6.54 Å². The molecule has 19 heavy (non-hydrogen) atoms. The number of carbonyl (C=O) groups is 1. The van der Waals surface area contributed by atoms with Gasteiger partial charge in [0.25, 0.3) is 5.56 Å². The van der Waals surface area contributed by atoms with Crippen LogP contribution in [-0.2, 0) is 17.9 Å². The molecule has 98 valence electrons. The van der Waals surface area contributed by atoms with Crippen molar-refractivity contribution in [1.29, 1.82) is 0 Å². The maximum Gasteiger partial charge on any atom is 0.268 e. The highest BCUT2D eigenvalue weighted by molar-refractivity contribution is 14.1. The SMILES string of the molecule is O=C(Cn1ncc(I)cc1=O)NCc1ccccc1. The molecule has 1 aromatic heterocycles. The van der Waals surface area contributed by atoms with Crippen LogP contribution in [0.5, 0.6) is 0 Å². The Morgan fingerprint density at radius 1 is 1.32 bits per heavy atom. The number of aromatic nitrogens is 2. The number of nitrogens with zero attached hydrogens (tertiary/aromatic N) is 2. The molecule has 0 saturated carbocycles. The lowest BCUT2D eigenvalue weighted by molar-refractivity contribution is -0.122. The summed E-state index contributed by atoms with van der Waals surface area (Å²) in [5.74, 6) is -0.236. The van der Waals surface area contributed by atoms with Crippen LogP contribution < -0.4 is 10.9 Å². The van der Waals surface area contributed by atoms with E-state index in [1.165, 1.54) is 6.07 Å². The highest BCUT2D eigenvalue weighted by atomic mass is 127. The number of halogens is 1. The van der Waals surface area contributed by atoms with Crippen LogP contribution in [0.25, 0.3) is 0 Å². The molecule has 0 aliphatic carbocycles. The zero-order chi connectivity index (χ0) is 13.7. The molecule has 2 rings (SSSR count). The van der Waals surface area contributed by atoms with Gasteiger partial charge in [0.2, 0.25) is 5.91 Å². The third kappa shape index (κ3) is 4.16. The van der Waals surface area contributed by atoms with Crippen LogP contribution in [0.2, 0.25) is 0 Å². The molecule has 1 aromatic carbocycles. The van der Waals surface area contributed by atoms with Gasteiger partial charge in [-0.15, -0.1) is 0 Å². The Labute approximate surface area is 123 Å². The summed E-state index contributed by atoms with van der Waals surface area (Å²) in [5.41, 5.74) is 0.737. The van der Waals surface area contributed by atoms with E-state index in [0.29, 0.717) is 6.54 Å². The fourth-order valence-corrected chi connectivity index (χ4v) is 1.91. The van der Waals surface area contributed by atoms with Crippen molar-refractivity contribution in [2.75, 3.05) is 0 Å². The van der Waals surface area contributed by atoms with E-state index < -0.39 is 0 Å². The Morgan fingerprint density at radius 2 is 2.05 bits per heavy atom. The summed E-state index contributed by atoms with van der Waals surface area (Å²) in [6, 6.07) is 11.0. The highest BCUT2D eigenvalue weighted by Gasteiger charge is 2.05. The van der Waals surface area contributed by atoms with Crippen molar-refractivity contribution in [3.63, 3.8) is 0 Å². The van der Waals surface area contributed by atoms with Crippen LogP contribution in [0.1, 0.15) is 5.56 Å². The van der Waals surface area contributed by atoms with Crippen molar-refractivity contribution in [3.8, 4) is 0 Å². The Hall–Kier alpha value is -1.70. The van der Waals surface area contributed by atoms with Gasteiger partial charge in [0, 0.05) is 16.2 Å². The van der Waals surface area contributed by atoms with Crippen LogP contribution in [0.3, 0.4) is 0 Å². The van der Waals surface area contributed by atoms with E-state index in [-0.39, 0.29) is 18.0 Å². The fraction of sp³-hybridized carbons (Fsp3) is 0.154. The average molecular weight is 369 g/mol. The first-order valence-electron chi connectivity index (χ1n) is 5.68. The lowest BCUT2D eigenvalue weighted by Gasteiger charge is -2.06. The van der Waals surface area contributed by atoms with E-state index >= 15 is 0 Å². The van der Waals surface area contributed by atoms with E-state index in [1.807, 2.05) is 52.9 Å². The quantitative estimate of drug-likeness (QED) is 0.823. The van der Waals surface area contributed by atoms with Crippen molar-refractivity contribution in [3.05, 3.63) is 62.1 Å². The number of benzene rings is 1. The second kappa shape index (κ2) is 6.46. The van der Waals surface area contributed by atoms with E-state index in [2.05, 4.69) is 10.4 Å². The fourth-order valence-electron chi connectivity index (χ4n) is 1.52. The third-order valence-electron chi connectivity index (χ3n) is 2.46. The van der Waals surface area contributed by atoms with E-state index in [4.69, 9.17) is 0 Å². The largest absolute Gasteiger partial charge is 0.350 e. The summed E-state index contributed by atoms with van der Waals surface area (Å²) in [4.78, 5) is 23.3. The molecule has 1 N–H and O–H groups in total. The Bertz CT molecular complexity index is 625. The Kier molecular flexibility index (Phi) is 4.67. The van der Waals surface area contributed by atoms with E-state index in [1.54, 1.807) is 6.20 Å². The topological polar surface area (TPSA) is 64.0 Å². The molecule has 2 aromatic rings. The summed E-state index contributed by atoms with van der Waals surface area (Å²) in [6.45, 7) is 0.376. The van der Waals surface area contributed by atoms with Crippen molar-refractivity contribution in [2.45, 2.75) is 13.1 Å². The van der Waals surface area contributed by atoms with Gasteiger partial charge in [0.15, 0.2) is 0 Å². The zero-order valence-corrected chi connectivity index (χ0v) is 12.2. The molecule has 5 nitrogen and oxygen atoms in total. The van der Waals surface area contributed by atoms with Crippen LogP contribution in [0, 0.1) is 3.57 Å². The second-order valence-corrected chi connectivity index (χ2v) is 5.18. The lowest BCUT2D eigenvalue weighted by Crippen LogP contribution is -2.33. The molecular formula is C13H12IN3O2. The van der Waals surface area contributed by atoms with Gasteiger partial charge >= 0.3 is 0 Å². The van der Waals surface area contributed by atoms with E-state index in [9.17, 15) is 9.59 Å². The van der Waals surface area contributed by atoms with E-state index in [0.717, 1.165) is 13.8 Å². The summed E-state index contributed by atoms with van der Waals surface area (Å²) >= 11 is 2.00. The van der Waals surface area contributed by atoms with Gasteiger partial charge in [0.05, 0.1) is 6.20 Å². The number of hydrogen-bond acceptors (Lipinski definition) is 3. The monoisotopic (exact) mass is 369 g/mol. The smallest absolute Gasteiger partial charge is 0.268 e. The minimum atomic E-state index is -0.276. The molecule has 0 bridgehead atoms. The third-order valence-corrected chi connectivity index (χ3v) is 3.05. The number of carbonyl (C=O) groups excluding carboxylic acids is 1. The molecule has 0 unspecified atom stereocenters. The molecule has 6 heteroatoms. The second-order valence-electron chi connectivity index (χ2n) is 3.93. The van der Waals surface area contributed by atoms with Crippen molar-refractivity contribution < 1.29 is 4.79 Å². The predicted octanol–water partition coefficient (Wildman–Crippen LogP) is 1.16. The van der Waals surface area contributed by atoms with Crippen LogP contribution in [0.15, 0.2) is 47.4 Å². The first-order valence-corrected chi connectivity index (χ1v) is 6.76. The molecule has 0 atom stereocenters. The molecular weight excluding hydrogens is 357 g/mol. The lowest BCUT2D eigenvalue weighted by atomic mass is 10.2. The minimum Gasteiger partial charge on any atom is -0.350 e. The van der Waals surface area contributed by atoms with Crippen LogP contribution in [-0.4, -0.2) is 15.7 Å². The van der Waals surface area contributed by atoms with Crippen molar-refractivity contribution in [1.82, 2.24) is 15.1 Å². The first kappa shape index (κ1) is 13.7. The molecule has 1 heterocycles. The number of amides is 1. The molecule has 0 aliphatic rings. The average Bonchev–Trinajstić information content (AvgIpc) is 2.41. The van der Waals surface area contributed by atoms with Gasteiger partial charge in [-0.2, -0.15) is 5.10 Å². The number of nitrogens with one attached hydrogen (secondary N) is 1.